The van der Waals surface area contributed by atoms with Crippen molar-refractivity contribution >= 4 is 39.9 Å². The normalized spacial score (nSPS) is 12.7. The number of nitrogens with two attached hydrogens (primary N) is 2. The zero-order valence-corrected chi connectivity index (χ0v) is 16.8. The summed E-state index contributed by atoms with van der Waals surface area (Å²) < 4.78 is 15.1. The van der Waals surface area contributed by atoms with Gasteiger partial charge in [0.05, 0.1) is 16.9 Å². The Bertz CT molecular complexity index is 1110. The van der Waals surface area contributed by atoms with Gasteiger partial charge < -0.3 is 16.9 Å². The number of halogens is 1. The number of nitrogens with zero attached hydrogens (tertiary/aromatic N) is 3. The number of benzene rings is 1. The fraction of sp³-hybridized carbons (Fsp3) is 0.222. The van der Waals surface area contributed by atoms with Crippen molar-refractivity contribution in [3.63, 3.8) is 0 Å². The number of thiophene rings is 1. The molecule has 1 aliphatic carbocycles. The molecule has 0 saturated carbocycles. The molecule has 2 heterocycles. The number of carbonyl (C=O) groups is 2. The maximum atomic E-state index is 13.9. The summed E-state index contributed by atoms with van der Waals surface area (Å²) in [5.41, 5.74) is 7.08. The topological polar surface area (TPSA) is 129 Å². The van der Waals surface area contributed by atoms with E-state index in [9.17, 15) is 14.0 Å². The van der Waals surface area contributed by atoms with Crippen molar-refractivity contribution in [2.75, 3.05) is 16.9 Å². The molecule has 8 nitrogen and oxygen atoms in total. The first-order valence-electron chi connectivity index (χ1n) is 8.78. The molecule has 0 aliphatic heterocycles. The van der Waals surface area contributed by atoms with Crippen LogP contribution in [0.4, 0.5) is 9.39 Å². The van der Waals surface area contributed by atoms with E-state index < -0.39 is 11.7 Å². The average Bonchev–Trinajstić information content (AvgIpc) is 3.35. The second-order valence-electron chi connectivity index (χ2n) is 6.42. The number of fused-ring (bicyclic) bond motifs is 1. The monoisotopic (exact) mass is 432 g/mol. The average molecular weight is 433 g/mol. The van der Waals surface area contributed by atoms with Crippen LogP contribution < -0.4 is 16.9 Å². The molecule has 3 aromatic rings. The highest BCUT2D eigenvalue weighted by molar-refractivity contribution is 7.99. The van der Waals surface area contributed by atoms with Crippen molar-refractivity contribution in [2.45, 2.75) is 24.4 Å². The van der Waals surface area contributed by atoms with E-state index in [0.29, 0.717) is 10.6 Å². The number of carbonyl (C=O) groups excluding carboxylic acids is 2. The molecule has 29 heavy (non-hydrogen) atoms. The van der Waals surface area contributed by atoms with Crippen LogP contribution in [0.1, 0.15) is 27.2 Å². The number of nitrogens with one attached hydrogen (secondary N) is 1. The second kappa shape index (κ2) is 7.84. The first kappa shape index (κ1) is 19.4. The van der Waals surface area contributed by atoms with Gasteiger partial charge in [0.2, 0.25) is 11.1 Å². The molecule has 0 spiro atoms. The van der Waals surface area contributed by atoms with Gasteiger partial charge in [0.15, 0.2) is 5.82 Å². The molecule has 0 fully saturated rings. The Kier molecular flexibility index (Phi) is 5.24. The molecule has 4 rings (SSSR count). The number of hydrogen-bond donors (Lipinski definition) is 3. The van der Waals surface area contributed by atoms with Gasteiger partial charge in [0.1, 0.15) is 10.8 Å². The molecular weight excluding hydrogens is 415 g/mol. The zero-order valence-electron chi connectivity index (χ0n) is 15.1. The largest absolute Gasteiger partial charge is 0.365 e. The van der Waals surface area contributed by atoms with Gasteiger partial charge in [-0.3, -0.25) is 9.59 Å². The first-order valence-corrected chi connectivity index (χ1v) is 10.6. The molecule has 5 N–H and O–H groups in total. The fourth-order valence-electron chi connectivity index (χ4n) is 3.25. The summed E-state index contributed by atoms with van der Waals surface area (Å²) in [6, 6.07) is 6.09. The Labute approximate surface area is 173 Å². The molecule has 0 unspecified atom stereocenters. The van der Waals surface area contributed by atoms with Crippen LogP contribution in [0.2, 0.25) is 0 Å². The van der Waals surface area contributed by atoms with Gasteiger partial charge in [-0.15, -0.1) is 21.5 Å². The Balaban J connectivity index is 1.45. The predicted molar refractivity (Wildman–Crippen MR) is 110 cm³/mol. The minimum Gasteiger partial charge on any atom is -0.365 e. The Morgan fingerprint density at radius 2 is 2.07 bits per heavy atom. The number of nitrogen functional groups attached to an aromatic ring is 1. The lowest BCUT2D eigenvalue weighted by Crippen LogP contribution is -2.19. The summed E-state index contributed by atoms with van der Waals surface area (Å²) in [5, 5.41) is 11.4. The third kappa shape index (κ3) is 3.70. The molecule has 150 valence electrons. The fourth-order valence-corrected chi connectivity index (χ4v) is 5.21. The highest BCUT2D eigenvalue weighted by Gasteiger charge is 2.26. The Hall–Kier alpha value is -2.92. The third-order valence-electron chi connectivity index (χ3n) is 4.53. The number of aryl methyl sites for hydroxylation is 1. The predicted octanol–water partition coefficient (Wildman–Crippen LogP) is 2.18. The number of anilines is 1. The van der Waals surface area contributed by atoms with E-state index in [1.807, 2.05) is 0 Å². The number of rotatable bonds is 6. The van der Waals surface area contributed by atoms with Crippen LogP contribution in [0.15, 0.2) is 29.4 Å². The highest BCUT2D eigenvalue weighted by atomic mass is 32.2. The molecular formula is C18H17FN6O2S2. The summed E-state index contributed by atoms with van der Waals surface area (Å²) in [7, 11) is 0. The van der Waals surface area contributed by atoms with Gasteiger partial charge in [0, 0.05) is 4.88 Å². The van der Waals surface area contributed by atoms with Crippen molar-refractivity contribution in [1.29, 1.82) is 0 Å². The molecule has 0 saturated heterocycles. The third-order valence-corrected chi connectivity index (χ3v) is 6.68. The summed E-state index contributed by atoms with van der Waals surface area (Å²) in [6.45, 7) is 0. The first-order chi connectivity index (χ1) is 14.0. The maximum absolute atomic E-state index is 13.9. The highest BCUT2D eigenvalue weighted by Crippen LogP contribution is 2.39. The van der Waals surface area contributed by atoms with Crippen LogP contribution >= 0.6 is 23.1 Å². The van der Waals surface area contributed by atoms with E-state index in [-0.39, 0.29) is 28.2 Å². The van der Waals surface area contributed by atoms with E-state index in [4.69, 9.17) is 11.6 Å². The van der Waals surface area contributed by atoms with Gasteiger partial charge >= 0.3 is 0 Å². The van der Waals surface area contributed by atoms with E-state index in [2.05, 4.69) is 15.5 Å². The van der Waals surface area contributed by atoms with Crippen LogP contribution in [-0.4, -0.2) is 32.4 Å². The van der Waals surface area contributed by atoms with Crippen LogP contribution in [0, 0.1) is 5.82 Å². The van der Waals surface area contributed by atoms with Crippen molar-refractivity contribution in [3.8, 4) is 11.4 Å². The van der Waals surface area contributed by atoms with Crippen molar-refractivity contribution < 1.29 is 14.0 Å². The lowest BCUT2D eigenvalue weighted by atomic mass is 10.1. The second-order valence-corrected chi connectivity index (χ2v) is 8.47. The van der Waals surface area contributed by atoms with Crippen LogP contribution in [0.5, 0.6) is 0 Å². The quantitative estimate of drug-likeness (QED) is 0.404. The Morgan fingerprint density at radius 1 is 1.28 bits per heavy atom. The van der Waals surface area contributed by atoms with Crippen molar-refractivity contribution in [2.24, 2.45) is 5.73 Å². The molecule has 2 amide bonds. The summed E-state index contributed by atoms with van der Waals surface area (Å²) in [5.74, 6) is 4.79. The van der Waals surface area contributed by atoms with E-state index in [1.165, 1.54) is 17.4 Å². The standard InChI is InChI=1S/C18H17FN6O2S2/c19-11-6-2-1-4-9(11)16-23-24-18(25(16)21)28-8-13(26)22-17-14(15(20)27)10-5-3-7-12(10)29-17/h1-2,4,6H,3,5,7-8,21H2,(H2,20,27)(H,22,26). The van der Waals surface area contributed by atoms with E-state index in [0.717, 1.165) is 46.1 Å². The summed E-state index contributed by atoms with van der Waals surface area (Å²) >= 11 is 2.45. The SMILES string of the molecule is NC(=O)c1c(NC(=O)CSc2nnc(-c3ccccc3F)n2N)sc2c1CCC2. The molecule has 0 atom stereocenters. The van der Waals surface area contributed by atoms with Crippen molar-refractivity contribution in [1.82, 2.24) is 14.9 Å². The van der Waals surface area contributed by atoms with E-state index in [1.54, 1.807) is 18.2 Å². The molecule has 11 heteroatoms. The number of thioether (sulfide) groups is 1. The van der Waals surface area contributed by atoms with E-state index >= 15 is 0 Å². The smallest absolute Gasteiger partial charge is 0.251 e. The van der Waals surface area contributed by atoms with Crippen molar-refractivity contribution in [3.05, 3.63) is 46.1 Å². The van der Waals surface area contributed by atoms with Gasteiger partial charge in [-0.25, -0.2) is 9.07 Å². The minimum absolute atomic E-state index is 0.00657. The summed E-state index contributed by atoms with van der Waals surface area (Å²) in [4.78, 5) is 25.3. The van der Waals surface area contributed by atoms with Gasteiger partial charge in [-0.2, -0.15) is 0 Å². The maximum Gasteiger partial charge on any atom is 0.251 e. The van der Waals surface area contributed by atoms with Gasteiger partial charge in [-0.05, 0) is 37.0 Å². The van der Waals surface area contributed by atoms with Crippen LogP contribution in [0.3, 0.4) is 0 Å². The molecule has 0 bridgehead atoms. The summed E-state index contributed by atoms with van der Waals surface area (Å²) in [6.07, 6.45) is 2.67. The minimum atomic E-state index is -0.538. The van der Waals surface area contributed by atoms with Gasteiger partial charge in [0.25, 0.3) is 5.91 Å². The van der Waals surface area contributed by atoms with Crippen LogP contribution in [-0.2, 0) is 17.6 Å². The molecule has 1 aliphatic rings. The lowest BCUT2D eigenvalue weighted by Gasteiger charge is -2.06. The number of hydrogen-bond acceptors (Lipinski definition) is 7. The van der Waals surface area contributed by atoms with Crippen LogP contribution in [0.25, 0.3) is 11.4 Å². The number of aromatic nitrogens is 3. The lowest BCUT2D eigenvalue weighted by molar-refractivity contribution is -0.113. The zero-order chi connectivity index (χ0) is 20.5. The number of amides is 2. The molecule has 0 radical (unpaired) electrons. The number of primary amides is 1. The Morgan fingerprint density at radius 3 is 2.83 bits per heavy atom. The molecule has 1 aromatic carbocycles. The van der Waals surface area contributed by atoms with Gasteiger partial charge in [-0.1, -0.05) is 23.9 Å². The molecule has 2 aromatic heterocycles.